The van der Waals surface area contributed by atoms with Crippen LogP contribution in [-0.2, 0) is 16.6 Å². The van der Waals surface area contributed by atoms with E-state index in [0.29, 0.717) is 17.3 Å². The average Bonchev–Trinajstić information content (AvgIpc) is 3.51. The maximum absolute atomic E-state index is 12.9. The summed E-state index contributed by atoms with van der Waals surface area (Å²) >= 11 is 0. The number of nitrogens with zero attached hydrogens (tertiary/aromatic N) is 2. The van der Waals surface area contributed by atoms with Crippen LogP contribution < -0.4 is 4.74 Å². The van der Waals surface area contributed by atoms with Crippen LogP contribution in [0, 0.1) is 5.92 Å². The smallest absolute Gasteiger partial charge is 0.307 e. The van der Waals surface area contributed by atoms with E-state index in [2.05, 4.69) is 30.9 Å². The largest absolute Gasteiger partial charge is 0.497 e. The fraction of sp³-hybridized carbons (Fsp3) is 0.222. The number of carboxylic acid groups (broad SMARTS) is 1. The quantitative estimate of drug-likeness (QED) is 0.169. The topological polar surface area (TPSA) is 103 Å². The number of rotatable bonds is 10. The van der Waals surface area contributed by atoms with Gasteiger partial charge in [-0.3, -0.25) is 9.59 Å². The molecule has 4 aromatic carbocycles. The molecule has 1 aromatic heterocycles. The van der Waals surface area contributed by atoms with E-state index < -0.39 is 11.9 Å². The average molecular weight is 575 g/mol. The zero-order valence-corrected chi connectivity index (χ0v) is 24.7. The highest BCUT2D eigenvalue weighted by Crippen LogP contribution is 2.28. The number of ketones is 1. The summed E-state index contributed by atoms with van der Waals surface area (Å²) in [7, 11) is 1.64. The SMILES string of the molecule is COc1ccc(-c2ccc(-c3nc(-c4ccc(C[C@H](CC(=O)c5ccc(C(C)(C)C)cc5)C(=O)O)cc4)no3)cc2)cc1. The van der Waals surface area contributed by atoms with Gasteiger partial charge in [-0.25, -0.2) is 0 Å². The van der Waals surface area contributed by atoms with E-state index >= 15 is 0 Å². The number of benzene rings is 4. The van der Waals surface area contributed by atoms with Crippen LogP contribution in [0.15, 0.2) is 102 Å². The van der Waals surface area contributed by atoms with Gasteiger partial charge in [-0.2, -0.15) is 4.98 Å². The Morgan fingerprint density at radius 2 is 1.35 bits per heavy atom. The Bertz CT molecular complexity index is 1700. The molecule has 7 nitrogen and oxygen atoms in total. The molecule has 0 aliphatic rings. The van der Waals surface area contributed by atoms with Gasteiger partial charge >= 0.3 is 5.97 Å². The van der Waals surface area contributed by atoms with Gasteiger partial charge in [0.15, 0.2) is 5.78 Å². The normalized spacial score (nSPS) is 12.1. The predicted octanol–water partition coefficient (Wildman–Crippen LogP) is 7.89. The third-order valence-corrected chi connectivity index (χ3v) is 7.53. The van der Waals surface area contributed by atoms with E-state index in [4.69, 9.17) is 9.26 Å². The first-order chi connectivity index (χ1) is 20.6. The molecule has 0 unspecified atom stereocenters. The zero-order chi connectivity index (χ0) is 30.6. The number of ether oxygens (including phenoxy) is 1. The Labute approximate surface area is 251 Å². The Morgan fingerprint density at radius 3 is 1.91 bits per heavy atom. The molecule has 0 bridgehead atoms. The number of carboxylic acids is 1. The fourth-order valence-electron chi connectivity index (χ4n) is 4.87. The summed E-state index contributed by atoms with van der Waals surface area (Å²) in [4.78, 5) is 29.5. The molecule has 1 heterocycles. The number of hydrogen-bond acceptors (Lipinski definition) is 6. The van der Waals surface area contributed by atoms with Crippen LogP contribution >= 0.6 is 0 Å². The standard InChI is InChI=1S/C36H34N2O5/c1-36(2,3)30-17-13-26(14-18-30)32(39)22-29(35(40)41)21-23-5-7-27(8-6-23)33-37-34(43-38-33)28-11-9-24(10-12-28)25-15-19-31(42-4)20-16-25/h5-20,29H,21-22H2,1-4H3,(H,40,41)/t29-/m1/s1. The van der Waals surface area contributed by atoms with Crippen molar-refractivity contribution in [3.8, 4) is 39.7 Å². The maximum atomic E-state index is 12.9. The summed E-state index contributed by atoms with van der Waals surface area (Å²) in [5.41, 5.74) is 6.11. The van der Waals surface area contributed by atoms with E-state index in [1.807, 2.05) is 84.9 Å². The highest BCUT2D eigenvalue weighted by atomic mass is 16.5. The fourth-order valence-corrected chi connectivity index (χ4v) is 4.87. The first-order valence-electron chi connectivity index (χ1n) is 14.1. The van der Waals surface area contributed by atoms with Crippen LogP contribution in [-0.4, -0.2) is 34.1 Å². The maximum Gasteiger partial charge on any atom is 0.307 e. The number of Topliss-reactive ketones (excluding diaryl/α,β-unsaturated/α-hetero) is 1. The molecule has 0 amide bonds. The minimum absolute atomic E-state index is 0.0234. The van der Waals surface area contributed by atoms with E-state index in [9.17, 15) is 14.7 Å². The molecule has 1 N–H and O–H groups in total. The highest BCUT2D eigenvalue weighted by molar-refractivity contribution is 5.98. The predicted molar refractivity (Wildman–Crippen MR) is 166 cm³/mol. The molecular weight excluding hydrogens is 540 g/mol. The molecule has 0 spiro atoms. The van der Waals surface area contributed by atoms with Gasteiger partial charge < -0.3 is 14.4 Å². The third kappa shape index (κ3) is 7.07. The minimum Gasteiger partial charge on any atom is -0.497 e. The van der Waals surface area contributed by atoms with Gasteiger partial charge in [0, 0.05) is 23.1 Å². The van der Waals surface area contributed by atoms with Gasteiger partial charge in [0.25, 0.3) is 5.89 Å². The van der Waals surface area contributed by atoms with Gasteiger partial charge in [0.05, 0.1) is 13.0 Å². The third-order valence-electron chi connectivity index (χ3n) is 7.53. The van der Waals surface area contributed by atoms with E-state index in [1.165, 1.54) is 0 Å². The van der Waals surface area contributed by atoms with Gasteiger partial charge in [0.1, 0.15) is 5.75 Å². The number of carbonyl (C=O) groups excluding carboxylic acids is 1. The number of carbonyl (C=O) groups is 2. The molecule has 218 valence electrons. The van der Waals surface area contributed by atoms with E-state index in [0.717, 1.165) is 39.1 Å². The molecule has 0 saturated carbocycles. The molecule has 1 atom stereocenters. The Balaban J connectivity index is 1.23. The second-order valence-electron chi connectivity index (χ2n) is 11.6. The first kappa shape index (κ1) is 29.5. The van der Waals surface area contributed by atoms with Crippen LogP contribution in [0.3, 0.4) is 0 Å². The van der Waals surface area contributed by atoms with Crippen molar-refractivity contribution in [1.29, 1.82) is 0 Å². The minimum atomic E-state index is -0.996. The molecule has 5 aromatic rings. The Kier molecular flexibility index (Phi) is 8.53. The van der Waals surface area contributed by atoms with Gasteiger partial charge in [-0.05, 0) is 58.4 Å². The second-order valence-corrected chi connectivity index (χ2v) is 11.6. The summed E-state index contributed by atoms with van der Waals surface area (Å²) in [5.74, 6) is -0.366. The number of methoxy groups -OCH3 is 1. The highest BCUT2D eigenvalue weighted by Gasteiger charge is 2.23. The molecule has 5 rings (SSSR count). The van der Waals surface area contributed by atoms with Crippen LogP contribution in [0.25, 0.3) is 34.0 Å². The van der Waals surface area contributed by atoms with Gasteiger partial charge in [-0.15, -0.1) is 0 Å². The number of hydrogen-bond donors (Lipinski definition) is 1. The molecule has 0 aliphatic heterocycles. The van der Waals surface area contributed by atoms with Crippen molar-refractivity contribution in [1.82, 2.24) is 10.1 Å². The summed E-state index contributed by atoms with van der Waals surface area (Å²) < 4.78 is 10.8. The molecular formula is C36H34N2O5. The van der Waals surface area contributed by atoms with Crippen LogP contribution in [0.5, 0.6) is 5.75 Å². The lowest BCUT2D eigenvalue weighted by molar-refractivity contribution is -0.141. The van der Waals surface area contributed by atoms with Crippen molar-refractivity contribution < 1.29 is 24.0 Å². The summed E-state index contributed by atoms with van der Waals surface area (Å²) in [6.45, 7) is 6.32. The molecule has 7 heteroatoms. The van der Waals surface area contributed by atoms with Crippen LogP contribution in [0.1, 0.15) is 48.7 Å². The lowest BCUT2D eigenvalue weighted by Crippen LogP contribution is -2.20. The lowest BCUT2D eigenvalue weighted by Gasteiger charge is -2.19. The van der Waals surface area contributed by atoms with E-state index in [1.54, 1.807) is 19.2 Å². The Morgan fingerprint density at radius 1 is 0.791 bits per heavy atom. The van der Waals surface area contributed by atoms with Crippen molar-refractivity contribution >= 4 is 11.8 Å². The van der Waals surface area contributed by atoms with Crippen molar-refractivity contribution in [2.75, 3.05) is 7.11 Å². The molecule has 0 fully saturated rings. The number of aliphatic carboxylic acids is 1. The van der Waals surface area contributed by atoms with Crippen molar-refractivity contribution in [3.05, 3.63) is 114 Å². The first-order valence-corrected chi connectivity index (χ1v) is 14.1. The molecule has 0 aliphatic carbocycles. The van der Waals surface area contributed by atoms with Crippen molar-refractivity contribution in [2.24, 2.45) is 5.92 Å². The monoisotopic (exact) mass is 574 g/mol. The van der Waals surface area contributed by atoms with E-state index in [-0.39, 0.29) is 24.0 Å². The van der Waals surface area contributed by atoms with Gasteiger partial charge in [0.2, 0.25) is 5.82 Å². The second kappa shape index (κ2) is 12.4. The number of aromatic nitrogens is 2. The molecule has 43 heavy (non-hydrogen) atoms. The van der Waals surface area contributed by atoms with Crippen molar-refractivity contribution in [2.45, 2.75) is 39.0 Å². The molecule has 0 radical (unpaired) electrons. The van der Waals surface area contributed by atoms with Gasteiger partial charge in [-0.1, -0.05) is 98.7 Å². The summed E-state index contributed by atoms with van der Waals surface area (Å²) in [6, 6.07) is 30.5. The van der Waals surface area contributed by atoms with Crippen LogP contribution in [0.2, 0.25) is 0 Å². The summed E-state index contributed by atoms with van der Waals surface area (Å²) in [6.07, 6.45) is 0.164. The van der Waals surface area contributed by atoms with Crippen LogP contribution in [0.4, 0.5) is 0 Å². The Hall–Kier alpha value is -5.04. The summed E-state index contributed by atoms with van der Waals surface area (Å²) in [5, 5.41) is 14.0. The zero-order valence-electron chi connectivity index (χ0n) is 24.7. The lowest BCUT2D eigenvalue weighted by atomic mass is 9.86. The van der Waals surface area contributed by atoms with Crippen molar-refractivity contribution in [3.63, 3.8) is 0 Å². The molecule has 0 saturated heterocycles.